The molecule has 0 saturated carbocycles. The quantitative estimate of drug-likeness (QED) is 0.584. The molecule has 1 aromatic heterocycles. The van der Waals surface area contributed by atoms with Crippen LogP contribution in [0.25, 0.3) is 6.08 Å². The Morgan fingerprint density at radius 3 is 2.85 bits per heavy atom. The first-order chi connectivity index (χ1) is 6.09. The molecule has 0 bridgehead atoms. The van der Waals surface area contributed by atoms with E-state index >= 15 is 0 Å². The highest BCUT2D eigenvalue weighted by Crippen LogP contribution is 2.11. The zero-order valence-corrected chi connectivity index (χ0v) is 7.75. The zero-order valence-electron chi connectivity index (χ0n) is 6.99. The van der Waals surface area contributed by atoms with Gasteiger partial charge in [0.25, 0.3) is 0 Å². The Morgan fingerprint density at radius 1 is 1.62 bits per heavy atom. The summed E-state index contributed by atoms with van der Waals surface area (Å²) in [5.41, 5.74) is 1.47. The molecule has 0 aliphatic carbocycles. The average molecular weight is 198 g/mol. The van der Waals surface area contributed by atoms with E-state index < -0.39 is 5.97 Å². The predicted octanol–water partition coefficient (Wildman–Crippen LogP) is 2.14. The summed E-state index contributed by atoms with van der Waals surface area (Å²) in [6.45, 7) is 1.77. The number of carboxylic acids is 1. The third-order valence-corrected chi connectivity index (χ3v) is 1.71. The standard InChI is InChI=1S/C9H8ClNO2/c1-6-7(3-5-9(12)13)2-4-8(10)11-6/h2-5H,1H3,(H,12,13). The van der Waals surface area contributed by atoms with E-state index in [1.54, 1.807) is 19.1 Å². The van der Waals surface area contributed by atoms with Gasteiger partial charge in [0.05, 0.1) is 0 Å². The molecular formula is C9H8ClNO2. The Balaban J connectivity index is 2.96. The van der Waals surface area contributed by atoms with Crippen LogP contribution < -0.4 is 0 Å². The molecule has 1 aromatic rings. The van der Waals surface area contributed by atoms with Crippen molar-refractivity contribution in [3.05, 3.63) is 34.6 Å². The highest BCUT2D eigenvalue weighted by Gasteiger charge is 1.97. The second-order valence-electron chi connectivity index (χ2n) is 2.48. The summed E-state index contributed by atoms with van der Waals surface area (Å²) in [6.07, 6.45) is 2.55. The summed E-state index contributed by atoms with van der Waals surface area (Å²) in [5, 5.41) is 8.79. The summed E-state index contributed by atoms with van der Waals surface area (Å²) in [5.74, 6) is -0.977. The molecule has 0 aromatic carbocycles. The van der Waals surface area contributed by atoms with Crippen LogP contribution in [0.15, 0.2) is 18.2 Å². The van der Waals surface area contributed by atoms with E-state index in [1.165, 1.54) is 6.08 Å². The van der Waals surface area contributed by atoms with Gasteiger partial charge in [-0.3, -0.25) is 0 Å². The number of aliphatic carboxylic acids is 1. The van der Waals surface area contributed by atoms with Crippen LogP contribution in [-0.4, -0.2) is 16.1 Å². The lowest BCUT2D eigenvalue weighted by Gasteiger charge is -1.98. The van der Waals surface area contributed by atoms with E-state index in [-0.39, 0.29) is 0 Å². The molecule has 0 aliphatic rings. The first-order valence-corrected chi connectivity index (χ1v) is 4.01. The number of hydrogen-bond donors (Lipinski definition) is 1. The van der Waals surface area contributed by atoms with Gasteiger partial charge in [-0.15, -0.1) is 0 Å². The Hall–Kier alpha value is -1.35. The molecular weight excluding hydrogens is 190 g/mol. The van der Waals surface area contributed by atoms with Crippen LogP contribution in [0.2, 0.25) is 5.15 Å². The molecule has 0 spiro atoms. The molecule has 0 atom stereocenters. The first kappa shape index (κ1) is 9.74. The molecule has 0 radical (unpaired) electrons. The van der Waals surface area contributed by atoms with Crippen LogP contribution in [-0.2, 0) is 4.79 Å². The second-order valence-corrected chi connectivity index (χ2v) is 2.87. The van der Waals surface area contributed by atoms with Crippen LogP contribution in [0.3, 0.4) is 0 Å². The molecule has 0 unspecified atom stereocenters. The number of aromatic nitrogens is 1. The fraction of sp³-hybridized carbons (Fsp3) is 0.111. The molecule has 13 heavy (non-hydrogen) atoms. The topological polar surface area (TPSA) is 50.2 Å². The van der Waals surface area contributed by atoms with E-state index in [0.717, 1.165) is 11.6 Å². The minimum absolute atomic E-state index is 0.407. The van der Waals surface area contributed by atoms with Gasteiger partial charge in [0, 0.05) is 11.8 Å². The molecule has 68 valence electrons. The van der Waals surface area contributed by atoms with Crippen molar-refractivity contribution in [1.82, 2.24) is 4.98 Å². The van der Waals surface area contributed by atoms with Crippen molar-refractivity contribution < 1.29 is 9.90 Å². The highest BCUT2D eigenvalue weighted by molar-refractivity contribution is 6.29. The van der Waals surface area contributed by atoms with E-state index in [4.69, 9.17) is 16.7 Å². The van der Waals surface area contributed by atoms with Crippen molar-refractivity contribution in [3.63, 3.8) is 0 Å². The first-order valence-electron chi connectivity index (χ1n) is 3.64. The number of hydrogen-bond acceptors (Lipinski definition) is 2. The zero-order chi connectivity index (χ0) is 9.84. The number of pyridine rings is 1. The fourth-order valence-electron chi connectivity index (χ4n) is 0.878. The van der Waals surface area contributed by atoms with Gasteiger partial charge in [0.2, 0.25) is 0 Å². The summed E-state index contributed by atoms with van der Waals surface area (Å²) in [6, 6.07) is 3.35. The number of nitrogens with zero attached hydrogens (tertiary/aromatic N) is 1. The molecule has 0 amide bonds. The van der Waals surface area contributed by atoms with Crippen LogP contribution >= 0.6 is 11.6 Å². The van der Waals surface area contributed by atoms with Gasteiger partial charge in [-0.1, -0.05) is 17.7 Å². The van der Waals surface area contributed by atoms with Gasteiger partial charge in [-0.05, 0) is 24.6 Å². The lowest BCUT2D eigenvalue weighted by atomic mass is 10.2. The van der Waals surface area contributed by atoms with Gasteiger partial charge in [0.15, 0.2) is 0 Å². The molecule has 4 heteroatoms. The number of aryl methyl sites for hydroxylation is 1. The van der Waals surface area contributed by atoms with Crippen LogP contribution in [0, 0.1) is 6.92 Å². The number of carboxylic acid groups (broad SMARTS) is 1. The van der Waals surface area contributed by atoms with Gasteiger partial charge < -0.3 is 5.11 Å². The molecule has 0 fully saturated rings. The van der Waals surface area contributed by atoms with E-state index in [1.807, 2.05) is 0 Å². The highest BCUT2D eigenvalue weighted by atomic mass is 35.5. The largest absolute Gasteiger partial charge is 0.478 e. The van der Waals surface area contributed by atoms with Gasteiger partial charge in [-0.25, -0.2) is 9.78 Å². The minimum Gasteiger partial charge on any atom is -0.478 e. The van der Waals surface area contributed by atoms with Crippen LogP contribution in [0.4, 0.5) is 0 Å². The summed E-state index contributed by atoms with van der Waals surface area (Å²) < 4.78 is 0. The van der Waals surface area contributed by atoms with Crippen LogP contribution in [0.5, 0.6) is 0 Å². The smallest absolute Gasteiger partial charge is 0.328 e. The Kier molecular flexibility index (Phi) is 3.03. The van der Waals surface area contributed by atoms with Crippen LogP contribution in [0.1, 0.15) is 11.3 Å². The van der Waals surface area contributed by atoms with Gasteiger partial charge in [0.1, 0.15) is 5.15 Å². The van der Waals surface area contributed by atoms with Gasteiger partial charge >= 0.3 is 5.97 Å². The molecule has 1 rings (SSSR count). The van der Waals surface area contributed by atoms with E-state index in [9.17, 15) is 4.79 Å². The summed E-state index contributed by atoms with van der Waals surface area (Å²) in [7, 11) is 0. The van der Waals surface area contributed by atoms with Crippen molar-refractivity contribution in [2.24, 2.45) is 0 Å². The molecule has 0 aliphatic heterocycles. The third-order valence-electron chi connectivity index (χ3n) is 1.50. The lowest BCUT2D eigenvalue weighted by molar-refractivity contribution is -0.131. The SMILES string of the molecule is Cc1nc(Cl)ccc1C=CC(=O)O. The molecule has 1 N–H and O–H groups in total. The normalized spacial score (nSPS) is 10.6. The monoisotopic (exact) mass is 197 g/mol. The molecule has 0 saturated heterocycles. The number of halogens is 1. The lowest BCUT2D eigenvalue weighted by Crippen LogP contribution is -1.89. The summed E-state index contributed by atoms with van der Waals surface area (Å²) >= 11 is 5.63. The van der Waals surface area contributed by atoms with Crippen molar-refractivity contribution in [3.8, 4) is 0 Å². The maximum atomic E-state index is 10.2. The summed E-state index contributed by atoms with van der Waals surface area (Å²) in [4.78, 5) is 14.2. The Morgan fingerprint density at radius 2 is 2.31 bits per heavy atom. The fourth-order valence-corrected chi connectivity index (χ4v) is 1.07. The number of rotatable bonds is 2. The molecule has 3 nitrogen and oxygen atoms in total. The van der Waals surface area contributed by atoms with Crippen molar-refractivity contribution in [1.29, 1.82) is 0 Å². The minimum atomic E-state index is -0.977. The van der Waals surface area contributed by atoms with Gasteiger partial charge in [-0.2, -0.15) is 0 Å². The second kappa shape index (κ2) is 4.05. The third kappa shape index (κ3) is 2.87. The van der Waals surface area contributed by atoms with Crippen molar-refractivity contribution in [2.45, 2.75) is 6.92 Å². The van der Waals surface area contributed by atoms with Crippen molar-refractivity contribution in [2.75, 3.05) is 0 Å². The maximum absolute atomic E-state index is 10.2. The van der Waals surface area contributed by atoms with E-state index in [2.05, 4.69) is 4.98 Å². The Labute approximate surface area is 80.7 Å². The van der Waals surface area contributed by atoms with E-state index in [0.29, 0.717) is 10.8 Å². The van der Waals surface area contributed by atoms with Crippen molar-refractivity contribution >= 4 is 23.6 Å². The Bertz CT molecular complexity index is 361. The number of carbonyl (C=O) groups is 1. The maximum Gasteiger partial charge on any atom is 0.328 e. The average Bonchev–Trinajstić information content (AvgIpc) is 2.02. The molecule has 1 heterocycles. The predicted molar refractivity (Wildman–Crippen MR) is 50.7 cm³/mol.